The molecule has 1 aliphatic heterocycles. The van der Waals surface area contributed by atoms with E-state index >= 15 is 0 Å². The third kappa shape index (κ3) is 2.59. The van der Waals surface area contributed by atoms with Crippen molar-refractivity contribution in [1.29, 1.82) is 0 Å². The highest BCUT2D eigenvalue weighted by molar-refractivity contribution is 5.47. The highest BCUT2D eigenvalue weighted by atomic mass is 19.1. The minimum atomic E-state index is -0.222. The van der Waals surface area contributed by atoms with Crippen molar-refractivity contribution in [3.05, 3.63) is 58.9 Å². The van der Waals surface area contributed by atoms with Crippen LogP contribution in [0.15, 0.2) is 36.4 Å². The molecule has 0 aromatic heterocycles. The van der Waals surface area contributed by atoms with Gasteiger partial charge in [-0.2, -0.15) is 0 Å². The Hall–Kier alpha value is -2.07. The highest BCUT2D eigenvalue weighted by Gasteiger charge is 2.20. The van der Waals surface area contributed by atoms with Gasteiger partial charge in [0.15, 0.2) is 11.5 Å². The Morgan fingerprint density at radius 2 is 1.86 bits per heavy atom. The molecular formula is C17H18FNO2. The largest absolute Gasteiger partial charge is 0.486 e. The topological polar surface area (TPSA) is 30.5 Å². The first-order chi connectivity index (χ1) is 10.2. The molecule has 4 heteroatoms. The zero-order valence-corrected chi connectivity index (χ0v) is 12.2. The quantitative estimate of drug-likeness (QED) is 0.940. The maximum absolute atomic E-state index is 14.4. The summed E-state index contributed by atoms with van der Waals surface area (Å²) in [6, 6.07) is 11.0. The van der Waals surface area contributed by atoms with Crippen LogP contribution in [0.4, 0.5) is 4.39 Å². The monoisotopic (exact) mass is 287 g/mol. The van der Waals surface area contributed by atoms with Crippen LogP contribution in [0.1, 0.15) is 22.7 Å². The third-order valence-electron chi connectivity index (χ3n) is 3.72. The second-order valence-corrected chi connectivity index (χ2v) is 5.10. The predicted octanol–water partition coefficient (Wildman–Crippen LogP) is 3.21. The van der Waals surface area contributed by atoms with E-state index in [4.69, 9.17) is 9.47 Å². The predicted molar refractivity (Wildman–Crippen MR) is 79.5 cm³/mol. The minimum absolute atomic E-state index is 0.174. The second kappa shape index (κ2) is 5.74. The molecular weight excluding hydrogens is 269 g/mol. The average Bonchev–Trinajstić information content (AvgIpc) is 2.52. The van der Waals surface area contributed by atoms with Crippen molar-refractivity contribution in [2.24, 2.45) is 0 Å². The first-order valence-electron chi connectivity index (χ1n) is 7.02. The highest BCUT2D eigenvalue weighted by Crippen LogP contribution is 2.35. The van der Waals surface area contributed by atoms with Gasteiger partial charge in [-0.15, -0.1) is 0 Å². The zero-order valence-electron chi connectivity index (χ0n) is 12.2. The fraction of sp³-hybridized carbons (Fsp3) is 0.294. The van der Waals surface area contributed by atoms with Crippen LogP contribution in [0.3, 0.4) is 0 Å². The molecule has 1 aliphatic rings. The van der Waals surface area contributed by atoms with Gasteiger partial charge in [0.1, 0.15) is 19.0 Å². The maximum Gasteiger partial charge on any atom is 0.161 e. The van der Waals surface area contributed by atoms with Gasteiger partial charge in [0.2, 0.25) is 0 Å². The van der Waals surface area contributed by atoms with E-state index < -0.39 is 0 Å². The van der Waals surface area contributed by atoms with Crippen molar-refractivity contribution in [3.8, 4) is 11.5 Å². The molecule has 0 radical (unpaired) electrons. The Kier molecular flexibility index (Phi) is 3.80. The van der Waals surface area contributed by atoms with Crippen LogP contribution in [0.2, 0.25) is 0 Å². The van der Waals surface area contributed by atoms with E-state index in [2.05, 4.69) is 5.32 Å². The fourth-order valence-corrected chi connectivity index (χ4v) is 2.63. The molecule has 3 rings (SSSR count). The van der Waals surface area contributed by atoms with Gasteiger partial charge in [-0.25, -0.2) is 4.39 Å². The summed E-state index contributed by atoms with van der Waals surface area (Å²) in [6.07, 6.45) is 0. The molecule has 0 amide bonds. The Bertz CT molecular complexity index is 657. The molecule has 1 N–H and O–H groups in total. The van der Waals surface area contributed by atoms with E-state index in [1.165, 1.54) is 0 Å². The summed E-state index contributed by atoms with van der Waals surface area (Å²) in [5.74, 6) is 1.28. The van der Waals surface area contributed by atoms with Crippen LogP contribution in [0, 0.1) is 12.7 Å². The molecule has 0 aliphatic carbocycles. The van der Waals surface area contributed by atoms with Gasteiger partial charge < -0.3 is 14.8 Å². The van der Waals surface area contributed by atoms with E-state index in [0.29, 0.717) is 30.1 Å². The van der Waals surface area contributed by atoms with Crippen LogP contribution in [0.5, 0.6) is 11.5 Å². The number of benzene rings is 2. The van der Waals surface area contributed by atoms with Crippen LogP contribution in [0.25, 0.3) is 0 Å². The summed E-state index contributed by atoms with van der Waals surface area (Å²) >= 11 is 0. The Balaban J connectivity index is 2.02. The summed E-state index contributed by atoms with van der Waals surface area (Å²) in [5.41, 5.74) is 2.23. The van der Waals surface area contributed by atoms with Crippen LogP contribution < -0.4 is 14.8 Å². The summed E-state index contributed by atoms with van der Waals surface area (Å²) in [4.78, 5) is 0. The minimum Gasteiger partial charge on any atom is -0.486 e. The number of fused-ring (bicyclic) bond motifs is 1. The third-order valence-corrected chi connectivity index (χ3v) is 3.72. The Morgan fingerprint density at radius 1 is 1.10 bits per heavy atom. The number of hydrogen-bond acceptors (Lipinski definition) is 3. The normalized spacial score (nSPS) is 14.8. The molecule has 0 saturated heterocycles. The van der Waals surface area contributed by atoms with Gasteiger partial charge in [-0.1, -0.05) is 24.3 Å². The Morgan fingerprint density at radius 3 is 2.62 bits per heavy atom. The molecule has 0 bridgehead atoms. The SMILES string of the molecule is CNC(c1ccc2c(c1)OCCO2)c1cccc(C)c1F. The number of aryl methyl sites for hydroxylation is 1. The van der Waals surface area contributed by atoms with E-state index in [9.17, 15) is 4.39 Å². The summed E-state index contributed by atoms with van der Waals surface area (Å²) in [6.45, 7) is 2.88. The van der Waals surface area contributed by atoms with Crippen molar-refractivity contribution in [2.75, 3.05) is 20.3 Å². The molecule has 2 aromatic carbocycles. The molecule has 1 heterocycles. The molecule has 0 fully saturated rings. The van der Waals surface area contributed by atoms with Crippen LogP contribution >= 0.6 is 0 Å². The maximum atomic E-state index is 14.4. The summed E-state index contributed by atoms with van der Waals surface area (Å²) in [5, 5.41) is 3.17. The van der Waals surface area contributed by atoms with E-state index in [1.807, 2.05) is 31.3 Å². The number of nitrogens with one attached hydrogen (secondary N) is 1. The molecule has 1 atom stereocenters. The van der Waals surface area contributed by atoms with Crippen LogP contribution in [-0.2, 0) is 0 Å². The molecule has 0 spiro atoms. The van der Waals surface area contributed by atoms with Crippen LogP contribution in [-0.4, -0.2) is 20.3 Å². The molecule has 110 valence electrons. The molecule has 2 aromatic rings. The number of halogens is 1. The van der Waals surface area contributed by atoms with Crippen molar-refractivity contribution in [2.45, 2.75) is 13.0 Å². The molecule has 1 unspecified atom stereocenters. The number of hydrogen-bond donors (Lipinski definition) is 1. The summed E-state index contributed by atoms with van der Waals surface area (Å²) in [7, 11) is 1.82. The molecule has 0 saturated carbocycles. The van der Waals surface area contributed by atoms with Gasteiger partial charge >= 0.3 is 0 Å². The summed E-state index contributed by atoms with van der Waals surface area (Å²) < 4.78 is 25.5. The molecule has 3 nitrogen and oxygen atoms in total. The lowest BCUT2D eigenvalue weighted by atomic mass is 9.96. The van der Waals surface area contributed by atoms with Crippen molar-refractivity contribution < 1.29 is 13.9 Å². The second-order valence-electron chi connectivity index (χ2n) is 5.10. The lowest BCUT2D eigenvalue weighted by Crippen LogP contribution is -2.20. The number of ether oxygens (including phenoxy) is 2. The smallest absolute Gasteiger partial charge is 0.161 e. The fourth-order valence-electron chi connectivity index (χ4n) is 2.63. The van der Waals surface area contributed by atoms with E-state index in [-0.39, 0.29) is 11.9 Å². The van der Waals surface area contributed by atoms with Crippen molar-refractivity contribution >= 4 is 0 Å². The standard InChI is InChI=1S/C17H18FNO2/c1-11-4-3-5-13(16(11)18)17(19-2)12-6-7-14-15(10-12)21-9-8-20-14/h3-7,10,17,19H,8-9H2,1-2H3. The van der Waals surface area contributed by atoms with E-state index in [1.54, 1.807) is 19.1 Å². The van der Waals surface area contributed by atoms with Gasteiger partial charge in [-0.05, 0) is 37.2 Å². The average molecular weight is 287 g/mol. The van der Waals surface area contributed by atoms with Gasteiger partial charge in [-0.3, -0.25) is 0 Å². The van der Waals surface area contributed by atoms with Gasteiger partial charge in [0.05, 0.1) is 6.04 Å². The van der Waals surface area contributed by atoms with Gasteiger partial charge in [0.25, 0.3) is 0 Å². The first-order valence-corrected chi connectivity index (χ1v) is 7.02. The molecule has 21 heavy (non-hydrogen) atoms. The lowest BCUT2D eigenvalue weighted by Gasteiger charge is -2.23. The lowest BCUT2D eigenvalue weighted by molar-refractivity contribution is 0.171. The van der Waals surface area contributed by atoms with E-state index in [0.717, 1.165) is 11.3 Å². The number of rotatable bonds is 3. The van der Waals surface area contributed by atoms with Crippen molar-refractivity contribution in [3.63, 3.8) is 0 Å². The Labute approximate surface area is 123 Å². The zero-order chi connectivity index (χ0) is 14.8. The first kappa shape index (κ1) is 13.9. The van der Waals surface area contributed by atoms with Crippen molar-refractivity contribution in [1.82, 2.24) is 5.32 Å². The van der Waals surface area contributed by atoms with Gasteiger partial charge in [0, 0.05) is 5.56 Å².